The van der Waals surface area contributed by atoms with Crippen LogP contribution in [0, 0.1) is 10.8 Å². The Morgan fingerprint density at radius 2 is 1.88 bits per heavy atom. The molecule has 0 atom stereocenters. The maximum atomic E-state index is 7.46. The van der Waals surface area contributed by atoms with E-state index in [1.807, 2.05) is 0 Å². The first-order valence-corrected chi connectivity index (χ1v) is 6.67. The second kappa shape index (κ2) is 6.36. The lowest BCUT2D eigenvalue weighted by molar-refractivity contribution is 0.201. The fraction of sp³-hybridized carbons (Fsp3) is 0.923. The summed E-state index contributed by atoms with van der Waals surface area (Å²) in [6.45, 7) is 6.74. The summed E-state index contributed by atoms with van der Waals surface area (Å²) in [5.74, 6) is 0.353. The quantitative estimate of drug-likeness (QED) is 0.473. The molecule has 0 aromatic carbocycles. The molecule has 0 radical (unpaired) electrons. The van der Waals surface area contributed by atoms with Gasteiger partial charge < -0.3 is 15.5 Å². The molecule has 0 saturated heterocycles. The molecule has 0 aromatic heterocycles. The molecular formula is C13H28N4. The molecule has 0 unspecified atom stereocenters. The summed E-state index contributed by atoms with van der Waals surface area (Å²) < 4.78 is 0. The summed E-state index contributed by atoms with van der Waals surface area (Å²) in [5, 5.41) is 7.46. The number of hydrogen-bond acceptors (Lipinski definition) is 3. The van der Waals surface area contributed by atoms with E-state index >= 15 is 0 Å². The first-order chi connectivity index (χ1) is 7.97. The van der Waals surface area contributed by atoms with Crippen LogP contribution in [0.5, 0.6) is 0 Å². The van der Waals surface area contributed by atoms with Gasteiger partial charge in [0.05, 0.1) is 5.84 Å². The number of amidine groups is 1. The predicted molar refractivity (Wildman–Crippen MR) is 73.5 cm³/mol. The molecule has 1 aliphatic carbocycles. The van der Waals surface area contributed by atoms with Crippen LogP contribution in [0.3, 0.4) is 0 Å². The molecule has 0 amide bonds. The number of nitrogens with two attached hydrogens (primary N) is 1. The molecule has 0 heterocycles. The van der Waals surface area contributed by atoms with E-state index in [1.54, 1.807) is 0 Å². The smallest absolute Gasteiger partial charge is 0.0911 e. The third-order valence-corrected chi connectivity index (χ3v) is 3.48. The Balaban J connectivity index is 2.40. The van der Waals surface area contributed by atoms with Gasteiger partial charge in [-0.25, -0.2) is 0 Å². The number of rotatable bonds is 9. The van der Waals surface area contributed by atoms with Crippen molar-refractivity contribution in [2.75, 3.05) is 40.3 Å². The second-order valence-electron chi connectivity index (χ2n) is 5.78. The predicted octanol–water partition coefficient (Wildman–Crippen LogP) is 1.37. The van der Waals surface area contributed by atoms with Gasteiger partial charge in [-0.3, -0.25) is 5.41 Å². The van der Waals surface area contributed by atoms with Gasteiger partial charge in [0.25, 0.3) is 0 Å². The van der Waals surface area contributed by atoms with E-state index < -0.39 is 0 Å². The van der Waals surface area contributed by atoms with Gasteiger partial charge in [0.15, 0.2) is 0 Å². The molecular weight excluding hydrogens is 212 g/mol. The molecule has 1 fully saturated rings. The lowest BCUT2D eigenvalue weighted by Gasteiger charge is -2.28. The Hall–Kier alpha value is -0.610. The fourth-order valence-electron chi connectivity index (χ4n) is 2.37. The molecule has 3 N–H and O–H groups in total. The maximum absolute atomic E-state index is 7.46. The monoisotopic (exact) mass is 240 g/mol. The van der Waals surface area contributed by atoms with Crippen LogP contribution in [0.15, 0.2) is 0 Å². The first-order valence-electron chi connectivity index (χ1n) is 6.67. The third-order valence-electron chi connectivity index (χ3n) is 3.48. The van der Waals surface area contributed by atoms with Crippen LogP contribution in [0.2, 0.25) is 0 Å². The summed E-state index contributed by atoms with van der Waals surface area (Å²) in [6, 6.07) is 0. The lowest BCUT2D eigenvalue weighted by atomic mass is 10.0. The molecule has 0 bridgehead atoms. The molecule has 1 saturated carbocycles. The molecule has 0 spiro atoms. The van der Waals surface area contributed by atoms with Crippen LogP contribution in [-0.2, 0) is 0 Å². The van der Waals surface area contributed by atoms with E-state index in [4.69, 9.17) is 11.1 Å². The zero-order valence-electron chi connectivity index (χ0n) is 11.6. The Morgan fingerprint density at radius 3 is 2.29 bits per heavy atom. The van der Waals surface area contributed by atoms with E-state index in [1.165, 1.54) is 19.3 Å². The molecule has 0 aliphatic heterocycles. The highest BCUT2D eigenvalue weighted by atomic mass is 15.2. The third kappa shape index (κ3) is 5.50. The zero-order valence-corrected chi connectivity index (χ0v) is 11.6. The fourth-order valence-corrected chi connectivity index (χ4v) is 2.37. The van der Waals surface area contributed by atoms with Crippen LogP contribution in [0.4, 0.5) is 0 Å². The van der Waals surface area contributed by atoms with Crippen LogP contribution in [-0.4, -0.2) is 55.9 Å². The van der Waals surface area contributed by atoms with E-state index in [-0.39, 0.29) is 0 Å². The SMILES string of the molecule is CCCN(CCN(C)C)CC1(CC(=N)N)CC1. The molecule has 4 heteroatoms. The van der Waals surface area contributed by atoms with Gasteiger partial charge in [0, 0.05) is 26.1 Å². The zero-order chi connectivity index (χ0) is 12.9. The van der Waals surface area contributed by atoms with Crippen molar-refractivity contribution in [1.82, 2.24) is 9.80 Å². The van der Waals surface area contributed by atoms with Crippen molar-refractivity contribution in [2.24, 2.45) is 11.1 Å². The Morgan fingerprint density at radius 1 is 1.24 bits per heavy atom. The summed E-state index contributed by atoms with van der Waals surface area (Å²) in [4.78, 5) is 4.77. The summed E-state index contributed by atoms with van der Waals surface area (Å²) >= 11 is 0. The highest BCUT2D eigenvalue weighted by Gasteiger charge is 2.43. The van der Waals surface area contributed by atoms with Gasteiger partial charge in [-0.2, -0.15) is 0 Å². The average Bonchev–Trinajstić information content (AvgIpc) is 2.93. The maximum Gasteiger partial charge on any atom is 0.0911 e. The summed E-state index contributed by atoms with van der Waals surface area (Å²) in [5.41, 5.74) is 5.89. The van der Waals surface area contributed by atoms with Crippen molar-refractivity contribution in [1.29, 1.82) is 5.41 Å². The van der Waals surface area contributed by atoms with Crippen molar-refractivity contribution < 1.29 is 0 Å². The Labute approximate surface area is 106 Å². The molecule has 100 valence electrons. The van der Waals surface area contributed by atoms with E-state index in [2.05, 4.69) is 30.8 Å². The number of likely N-dealkylation sites (N-methyl/N-ethyl adjacent to an activating group) is 1. The minimum atomic E-state index is 0.341. The normalized spacial score (nSPS) is 17.7. The van der Waals surface area contributed by atoms with Crippen LogP contribution in [0.1, 0.15) is 32.6 Å². The average molecular weight is 240 g/mol. The summed E-state index contributed by atoms with van der Waals surface area (Å²) in [6.07, 6.45) is 4.47. The van der Waals surface area contributed by atoms with Crippen molar-refractivity contribution in [2.45, 2.75) is 32.6 Å². The molecule has 4 nitrogen and oxygen atoms in total. The Kier molecular flexibility index (Phi) is 5.40. The first kappa shape index (κ1) is 14.5. The van der Waals surface area contributed by atoms with Gasteiger partial charge in [-0.05, 0) is 45.3 Å². The molecule has 1 aliphatic rings. The highest BCUT2D eigenvalue weighted by Crippen LogP contribution is 2.49. The van der Waals surface area contributed by atoms with Crippen molar-refractivity contribution in [3.05, 3.63) is 0 Å². The molecule has 0 aromatic rings. The van der Waals surface area contributed by atoms with E-state index in [0.29, 0.717) is 11.3 Å². The minimum Gasteiger partial charge on any atom is -0.388 e. The standard InChI is InChI=1S/C13H28N4/c1-4-7-17(9-8-16(2)3)11-13(5-6-13)10-12(14)15/h4-11H2,1-3H3,(H3,14,15). The lowest BCUT2D eigenvalue weighted by Crippen LogP contribution is -2.37. The molecule has 17 heavy (non-hydrogen) atoms. The van der Waals surface area contributed by atoms with Crippen LogP contribution < -0.4 is 5.73 Å². The summed E-state index contributed by atoms with van der Waals surface area (Å²) in [7, 11) is 4.24. The van der Waals surface area contributed by atoms with Crippen molar-refractivity contribution >= 4 is 5.84 Å². The van der Waals surface area contributed by atoms with Gasteiger partial charge in [0.1, 0.15) is 0 Å². The minimum absolute atomic E-state index is 0.341. The number of nitrogens with zero attached hydrogens (tertiary/aromatic N) is 2. The highest BCUT2D eigenvalue weighted by molar-refractivity contribution is 5.78. The largest absolute Gasteiger partial charge is 0.388 e. The van der Waals surface area contributed by atoms with Crippen molar-refractivity contribution in [3.8, 4) is 0 Å². The van der Waals surface area contributed by atoms with E-state index in [9.17, 15) is 0 Å². The molecule has 1 rings (SSSR count). The van der Waals surface area contributed by atoms with Crippen LogP contribution >= 0.6 is 0 Å². The Bertz CT molecular complexity index is 246. The second-order valence-corrected chi connectivity index (χ2v) is 5.78. The van der Waals surface area contributed by atoms with E-state index in [0.717, 1.165) is 32.6 Å². The van der Waals surface area contributed by atoms with Gasteiger partial charge >= 0.3 is 0 Å². The van der Waals surface area contributed by atoms with Gasteiger partial charge in [-0.15, -0.1) is 0 Å². The van der Waals surface area contributed by atoms with Crippen molar-refractivity contribution in [3.63, 3.8) is 0 Å². The number of nitrogens with one attached hydrogen (secondary N) is 1. The number of hydrogen-bond donors (Lipinski definition) is 2. The topological polar surface area (TPSA) is 56.4 Å². The van der Waals surface area contributed by atoms with Gasteiger partial charge in [-0.1, -0.05) is 6.92 Å². The van der Waals surface area contributed by atoms with Gasteiger partial charge in [0.2, 0.25) is 0 Å². The van der Waals surface area contributed by atoms with Crippen LogP contribution in [0.25, 0.3) is 0 Å².